The summed E-state index contributed by atoms with van der Waals surface area (Å²) in [4.78, 5) is 14.0. The van der Waals surface area contributed by atoms with Crippen LogP contribution in [0.4, 0.5) is 0 Å². The van der Waals surface area contributed by atoms with E-state index in [9.17, 15) is 4.79 Å². The van der Waals surface area contributed by atoms with Gasteiger partial charge in [0.1, 0.15) is 0 Å². The van der Waals surface area contributed by atoms with Crippen molar-refractivity contribution in [2.45, 2.75) is 25.8 Å². The van der Waals surface area contributed by atoms with Gasteiger partial charge in [-0.05, 0) is 12.0 Å². The summed E-state index contributed by atoms with van der Waals surface area (Å²) in [7, 11) is 0. The lowest BCUT2D eigenvalue weighted by Crippen LogP contribution is -2.29. The molecule has 1 heterocycles. The van der Waals surface area contributed by atoms with Gasteiger partial charge in [-0.1, -0.05) is 43.3 Å². The van der Waals surface area contributed by atoms with Gasteiger partial charge in [-0.3, -0.25) is 4.79 Å². The number of carbonyl (C=O) groups is 1. The summed E-state index contributed by atoms with van der Waals surface area (Å²) in [5.41, 5.74) is 1.23. The van der Waals surface area contributed by atoms with Gasteiger partial charge in [-0.25, -0.2) is 0 Å². The summed E-state index contributed by atoms with van der Waals surface area (Å²) in [5, 5.41) is 0. The number of hydrogen-bond donors (Lipinski definition) is 0. The lowest BCUT2D eigenvalue weighted by atomic mass is 10.0. The topological polar surface area (TPSA) is 20.3 Å². The molecule has 0 N–H and O–H groups in total. The summed E-state index contributed by atoms with van der Waals surface area (Å²) >= 11 is 0. The highest BCUT2D eigenvalue weighted by Crippen LogP contribution is 2.31. The van der Waals surface area contributed by atoms with E-state index in [4.69, 9.17) is 0 Å². The van der Waals surface area contributed by atoms with E-state index < -0.39 is 0 Å². The lowest BCUT2D eigenvalue weighted by molar-refractivity contribution is -0.129. The molecule has 1 saturated heterocycles. The number of likely N-dealkylation sites (tertiary alicyclic amines) is 1. The van der Waals surface area contributed by atoms with Crippen LogP contribution in [0.25, 0.3) is 0 Å². The minimum Gasteiger partial charge on any atom is -0.335 e. The molecule has 0 saturated carbocycles. The molecule has 1 aromatic rings. The van der Waals surface area contributed by atoms with E-state index >= 15 is 0 Å². The maximum absolute atomic E-state index is 12.0. The second kappa shape index (κ2) is 5.17. The Hall–Kier alpha value is -1.57. The van der Waals surface area contributed by atoms with Crippen molar-refractivity contribution in [3.63, 3.8) is 0 Å². The largest absolute Gasteiger partial charge is 0.335 e. The van der Waals surface area contributed by atoms with Crippen molar-refractivity contribution in [2.24, 2.45) is 5.92 Å². The summed E-state index contributed by atoms with van der Waals surface area (Å²) < 4.78 is 0. The average molecular weight is 229 g/mol. The van der Waals surface area contributed by atoms with Crippen molar-refractivity contribution in [2.75, 3.05) is 6.54 Å². The number of nitrogens with zero attached hydrogens (tertiary/aromatic N) is 1. The molecule has 1 aromatic carbocycles. The number of benzene rings is 1. The molecule has 17 heavy (non-hydrogen) atoms. The standard InChI is InChI=1S/C15H19NO/c1-3-12-10-15(17)16(11-12)14(4-2)13-8-6-5-7-9-13/h3,5-9,12,14H,1,4,10-11H2,2H3/t12?,14-/m0/s1. The van der Waals surface area contributed by atoms with Crippen LogP contribution < -0.4 is 0 Å². The third-order valence-corrected chi connectivity index (χ3v) is 3.47. The fraction of sp³-hybridized carbons (Fsp3) is 0.400. The van der Waals surface area contributed by atoms with Crippen molar-refractivity contribution >= 4 is 5.91 Å². The van der Waals surface area contributed by atoms with Crippen LogP contribution in [-0.2, 0) is 4.79 Å². The Morgan fingerprint density at radius 3 is 2.71 bits per heavy atom. The highest BCUT2D eigenvalue weighted by Gasteiger charge is 2.32. The Kier molecular flexibility index (Phi) is 3.62. The van der Waals surface area contributed by atoms with Crippen molar-refractivity contribution in [1.29, 1.82) is 0 Å². The predicted molar refractivity (Wildman–Crippen MR) is 69.5 cm³/mol. The van der Waals surface area contributed by atoms with Crippen molar-refractivity contribution in [3.8, 4) is 0 Å². The molecule has 0 bridgehead atoms. The summed E-state index contributed by atoms with van der Waals surface area (Å²) in [6.07, 6.45) is 3.47. The van der Waals surface area contributed by atoms with Crippen LogP contribution in [0.5, 0.6) is 0 Å². The first-order valence-electron chi connectivity index (χ1n) is 6.23. The number of carbonyl (C=O) groups excluding carboxylic acids is 1. The lowest BCUT2D eigenvalue weighted by Gasteiger charge is -2.27. The van der Waals surface area contributed by atoms with Gasteiger partial charge in [0.25, 0.3) is 0 Å². The fourth-order valence-electron chi connectivity index (χ4n) is 2.53. The normalized spacial score (nSPS) is 21.6. The molecule has 0 aliphatic carbocycles. The molecule has 0 radical (unpaired) electrons. The molecule has 0 aromatic heterocycles. The van der Waals surface area contributed by atoms with Gasteiger partial charge < -0.3 is 4.90 Å². The van der Waals surface area contributed by atoms with Gasteiger partial charge in [-0.2, -0.15) is 0 Å². The molecule has 2 atom stereocenters. The quantitative estimate of drug-likeness (QED) is 0.726. The van der Waals surface area contributed by atoms with Gasteiger partial charge in [0, 0.05) is 18.9 Å². The van der Waals surface area contributed by atoms with E-state index in [2.05, 4.69) is 25.6 Å². The van der Waals surface area contributed by atoms with Crippen LogP contribution in [0.3, 0.4) is 0 Å². The van der Waals surface area contributed by atoms with Crippen LogP contribution in [0.2, 0.25) is 0 Å². The molecule has 2 rings (SSSR count). The maximum atomic E-state index is 12.0. The molecular weight excluding hydrogens is 210 g/mol. The SMILES string of the molecule is C=CC1CC(=O)N([C@@H](CC)c2ccccc2)C1. The molecule has 90 valence electrons. The monoisotopic (exact) mass is 229 g/mol. The van der Waals surface area contributed by atoms with Gasteiger partial charge in [0.05, 0.1) is 6.04 Å². The zero-order valence-electron chi connectivity index (χ0n) is 10.3. The fourth-order valence-corrected chi connectivity index (χ4v) is 2.53. The average Bonchev–Trinajstić information content (AvgIpc) is 2.73. The highest BCUT2D eigenvalue weighted by molar-refractivity contribution is 5.79. The van der Waals surface area contributed by atoms with Crippen molar-refractivity contribution < 1.29 is 4.79 Å². The molecule has 1 unspecified atom stereocenters. The minimum atomic E-state index is 0.216. The zero-order valence-corrected chi connectivity index (χ0v) is 10.3. The van der Waals surface area contributed by atoms with Crippen LogP contribution >= 0.6 is 0 Å². The maximum Gasteiger partial charge on any atom is 0.223 e. The molecule has 2 heteroatoms. The number of hydrogen-bond acceptors (Lipinski definition) is 1. The second-order valence-corrected chi connectivity index (χ2v) is 4.58. The predicted octanol–water partition coefficient (Wildman–Crippen LogP) is 3.17. The Labute approximate surface area is 103 Å². The summed E-state index contributed by atoms with van der Waals surface area (Å²) in [5.74, 6) is 0.575. The van der Waals surface area contributed by atoms with Gasteiger partial charge in [-0.15, -0.1) is 6.58 Å². The van der Waals surface area contributed by atoms with E-state index in [1.165, 1.54) is 5.56 Å². The third kappa shape index (κ3) is 2.41. The second-order valence-electron chi connectivity index (χ2n) is 4.58. The molecule has 2 nitrogen and oxygen atoms in total. The first kappa shape index (κ1) is 11.9. The first-order valence-corrected chi connectivity index (χ1v) is 6.23. The number of rotatable bonds is 4. The van der Waals surface area contributed by atoms with Crippen LogP contribution in [0.1, 0.15) is 31.4 Å². The molecule has 1 fully saturated rings. The Bertz CT molecular complexity index is 399. The Morgan fingerprint density at radius 2 is 2.18 bits per heavy atom. The van der Waals surface area contributed by atoms with Gasteiger partial charge in [0.2, 0.25) is 5.91 Å². The third-order valence-electron chi connectivity index (χ3n) is 3.47. The van der Waals surface area contributed by atoms with Gasteiger partial charge >= 0.3 is 0 Å². The Morgan fingerprint density at radius 1 is 1.47 bits per heavy atom. The number of amides is 1. The van der Waals surface area contributed by atoms with Crippen LogP contribution in [-0.4, -0.2) is 17.4 Å². The first-order chi connectivity index (χ1) is 8.26. The molecule has 1 aliphatic rings. The minimum absolute atomic E-state index is 0.216. The van der Waals surface area contributed by atoms with E-state index in [1.54, 1.807) is 0 Å². The Balaban J connectivity index is 2.20. The van der Waals surface area contributed by atoms with Crippen LogP contribution in [0, 0.1) is 5.92 Å². The van der Waals surface area contributed by atoms with E-state index in [0.717, 1.165) is 13.0 Å². The highest BCUT2D eigenvalue weighted by atomic mass is 16.2. The smallest absolute Gasteiger partial charge is 0.223 e. The van der Waals surface area contributed by atoms with Crippen molar-refractivity contribution in [3.05, 3.63) is 48.6 Å². The van der Waals surface area contributed by atoms with Crippen molar-refractivity contribution in [1.82, 2.24) is 4.90 Å². The molecule has 0 spiro atoms. The molecule has 1 amide bonds. The zero-order chi connectivity index (χ0) is 12.3. The van der Waals surface area contributed by atoms with E-state index in [1.807, 2.05) is 29.2 Å². The molecular formula is C15H19NO. The summed E-state index contributed by atoms with van der Waals surface area (Å²) in [6, 6.07) is 10.5. The van der Waals surface area contributed by atoms with E-state index in [-0.39, 0.29) is 11.9 Å². The van der Waals surface area contributed by atoms with Gasteiger partial charge in [0.15, 0.2) is 0 Å². The van der Waals surface area contributed by atoms with E-state index in [0.29, 0.717) is 12.3 Å². The van der Waals surface area contributed by atoms with Crippen LogP contribution in [0.15, 0.2) is 43.0 Å². The summed E-state index contributed by atoms with van der Waals surface area (Å²) in [6.45, 7) is 6.74. The molecule has 1 aliphatic heterocycles.